The molecule has 1 heterocycles. The Morgan fingerprint density at radius 3 is 2.43 bits per heavy atom. The normalized spacial score (nSPS) is 22.2. The molecule has 1 saturated heterocycles. The molecule has 116 valence electrons. The van der Waals surface area contributed by atoms with Gasteiger partial charge < -0.3 is 10.1 Å². The van der Waals surface area contributed by atoms with Gasteiger partial charge in [0.15, 0.2) is 0 Å². The van der Waals surface area contributed by atoms with Crippen molar-refractivity contribution in [2.24, 2.45) is 5.92 Å². The molecule has 1 aromatic carbocycles. The molecule has 3 heteroatoms. The maximum Gasteiger partial charge on any atom is 0.118 e. The molecule has 1 saturated carbocycles. The lowest BCUT2D eigenvalue weighted by atomic mass is 10.0. The van der Waals surface area contributed by atoms with Crippen LogP contribution < -0.4 is 10.1 Å². The number of rotatable bonds is 7. The molecule has 0 aromatic heterocycles. The molecule has 0 bridgehead atoms. The highest BCUT2D eigenvalue weighted by Crippen LogP contribution is 2.41. The third-order valence-electron chi connectivity index (χ3n) is 4.97. The molecule has 2 unspecified atom stereocenters. The summed E-state index contributed by atoms with van der Waals surface area (Å²) in [4.78, 5) is 2.62. The topological polar surface area (TPSA) is 24.5 Å². The van der Waals surface area contributed by atoms with Gasteiger partial charge in [-0.3, -0.25) is 4.90 Å². The first-order valence-electron chi connectivity index (χ1n) is 8.39. The number of likely N-dealkylation sites (tertiary alicyclic amines) is 1. The maximum atomic E-state index is 5.26. The fourth-order valence-corrected chi connectivity index (χ4v) is 3.41. The monoisotopic (exact) mass is 288 g/mol. The van der Waals surface area contributed by atoms with Gasteiger partial charge >= 0.3 is 0 Å². The van der Waals surface area contributed by atoms with Crippen molar-refractivity contribution in [3.63, 3.8) is 0 Å². The third-order valence-corrected chi connectivity index (χ3v) is 4.97. The van der Waals surface area contributed by atoms with Crippen molar-refractivity contribution in [1.82, 2.24) is 10.2 Å². The second-order valence-electron chi connectivity index (χ2n) is 6.59. The lowest BCUT2D eigenvalue weighted by Crippen LogP contribution is -2.40. The predicted octanol–water partition coefficient (Wildman–Crippen LogP) is 3.22. The van der Waals surface area contributed by atoms with E-state index in [1.54, 1.807) is 7.11 Å². The molecule has 2 atom stereocenters. The van der Waals surface area contributed by atoms with E-state index in [0.717, 1.165) is 18.2 Å². The number of hydrogen-bond acceptors (Lipinski definition) is 3. The van der Waals surface area contributed by atoms with Gasteiger partial charge in [-0.2, -0.15) is 0 Å². The molecule has 3 nitrogen and oxygen atoms in total. The Balaban J connectivity index is 1.58. The Kier molecular flexibility index (Phi) is 4.81. The number of benzene rings is 1. The molecule has 1 N–H and O–H groups in total. The van der Waals surface area contributed by atoms with Gasteiger partial charge in [0.05, 0.1) is 7.11 Å². The smallest absolute Gasteiger partial charge is 0.118 e. The minimum atomic E-state index is 0.515. The Labute approximate surface area is 128 Å². The van der Waals surface area contributed by atoms with E-state index in [0.29, 0.717) is 12.1 Å². The van der Waals surface area contributed by atoms with Gasteiger partial charge in [0.25, 0.3) is 0 Å². The summed E-state index contributed by atoms with van der Waals surface area (Å²) >= 11 is 0. The minimum Gasteiger partial charge on any atom is -0.497 e. The summed E-state index contributed by atoms with van der Waals surface area (Å²) in [5, 5.41) is 3.83. The van der Waals surface area contributed by atoms with E-state index in [4.69, 9.17) is 4.74 Å². The maximum absolute atomic E-state index is 5.26. The van der Waals surface area contributed by atoms with E-state index in [1.807, 2.05) is 0 Å². The van der Waals surface area contributed by atoms with Crippen LogP contribution in [0.2, 0.25) is 0 Å². The zero-order valence-electron chi connectivity index (χ0n) is 13.3. The van der Waals surface area contributed by atoms with Crippen LogP contribution >= 0.6 is 0 Å². The largest absolute Gasteiger partial charge is 0.497 e. The van der Waals surface area contributed by atoms with Crippen LogP contribution in [0.15, 0.2) is 24.3 Å². The molecule has 0 amide bonds. The second-order valence-corrected chi connectivity index (χ2v) is 6.59. The van der Waals surface area contributed by atoms with Crippen LogP contribution in [0.25, 0.3) is 0 Å². The van der Waals surface area contributed by atoms with Gasteiger partial charge in [0.1, 0.15) is 5.75 Å². The fourth-order valence-electron chi connectivity index (χ4n) is 3.41. The van der Waals surface area contributed by atoms with Crippen LogP contribution in [-0.2, 0) is 0 Å². The fraction of sp³-hybridized carbons (Fsp3) is 0.667. The summed E-state index contributed by atoms with van der Waals surface area (Å²) in [5.74, 6) is 1.77. The molecule has 21 heavy (non-hydrogen) atoms. The number of methoxy groups -OCH3 is 1. The zero-order chi connectivity index (χ0) is 14.7. The molecule has 1 aliphatic heterocycles. The molecule has 0 radical (unpaired) electrons. The molecule has 2 aliphatic rings. The second kappa shape index (κ2) is 6.80. The van der Waals surface area contributed by atoms with Crippen molar-refractivity contribution in [2.45, 2.75) is 44.7 Å². The number of nitrogens with one attached hydrogen (secondary N) is 1. The Morgan fingerprint density at radius 1 is 1.19 bits per heavy atom. The summed E-state index contributed by atoms with van der Waals surface area (Å²) < 4.78 is 5.26. The van der Waals surface area contributed by atoms with E-state index in [2.05, 4.69) is 41.4 Å². The molecular weight excluding hydrogens is 260 g/mol. The first-order valence-corrected chi connectivity index (χ1v) is 8.39. The summed E-state index contributed by atoms with van der Waals surface area (Å²) in [6.07, 6.45) is 5.47. The van der Waals surface area contributed by atoms with Crippen LogP contribution in [0, 0.1) is 5.92 Å². The van der Waals surface area contributed by atoms with Crippen molar-refractivity contribution < 1.29 is 4.74 Å². The number of hydrogen-bond donors (Lipinski definition) is 1. The molecule has 3 rings (SSSR count). The summed E-state index contributed by atoms with van der Waals surface area (Å²) in [7, 11) is 1.73. The first-order chi connectivity index (χ1) is 10.3. The van der Waals surface area contributed by atoms with Crippen LogP contribution in [0.1, 0.15) is 44.2 Å². The molecule has 1 aromatic rings. The van der Waals surface area contributed by atoms with Gasteiger partial charge in [-0.15, -0.1) is 0 Å². The number of ether oxygens (including phenoxy) is 1. The highest BCUT2D eigenvalue weighted by Gasteiger charge is 2.32. The molecule has 2 fully saturated rings. The first kappa shape index (κ1) is 14.9. The van der Waals surface area contributed by atoms with E-state index >= 15 is 0 Å². The average Bonchev–Trinajstić information content (AvgIpc) is 3.20. The van der Waals surface area contributed by atoms with Crippen molar-refractivity contribution in [3.05, 3.63) is 29.8 Å². The van der Waals surface area contributed by atoms with E-state index < -0.39 is 0 Å². The van der Waals surface area contributed by atoms with Crippen molar-refractivity contribution in [1.29, 1.82) is 0 Å². The SMILES string of the molecule is COc1ccc(C(NCC(C)N2CCCC2)C2CC2)cc1. The van der Waals surface area contributed by atoms with E-state index in [9.17, 15) is 0 Å². The third kappa shape index (κ3) is 3.78. The standard InChI is InChI=1S/C18H28N2O/c1-14(20-11-3-4-12-20)13-19-18(15-5-6-15)16-7-9-17(21-2)10-8-16/h7-10,14-15,18-19H,3-6,11-13H2,1-2H3. The van der Waals surface area contributed by atoms with E-state index in [-0.39, 0.29) is 0 Å². The predicted molar refractivity (Wildman–Crippen MR) is 86.7 cm³/mol. The van der Waals surface area contributed by atoms with Gasteiger partial charge in [-0.25, -0.2) is 0 Å². The van der Waals surface area contributed by atoms with Gasteiger partial charge in [0, 0.05) is 18.6 Å². The van der Waals surface area contributed by atoms with Crippen LogP contribution in [0.5, 0.6) is 5.75 Å². The van der Waals surface area contributed by atoms with Crippen LogP contribution in [0.3, 0.4) is 0 Å². The van der Waals surface area contributed by atoms with Crippen molar-refractivity contribution >= 4 is 0 Å². The summed E-state index contributed by atoms with van der Waals surface area (Å²) in [6.45, 7) is 6.00. The van der Waals surface area contributed by atoms with Gasteiger partial charge in [0.2, 0.25) is 0 Å². The quantitative estimate of drug-likeness (QED) is 0.834. The zero-order valence-corrected chi connectivity index (χ0v) is 13.3. The van der Waals surface area contributed by atoms with Gasteiger partial charge in [-0.05, 0) is 69.3 Å². The highest BCUT2D eigenvalue weighted by molar-refractivity contribution is 5.30. The Morgan fingerprint density at radius 2 is 1.86 bits per heavy atom. The van der Waals surface area contributed by atoms with Gasteiger partial charge in [-0.1, -0.05) is 12.1 Å². The van der Waals surface area contributed by atoms with Crippen LogP contribution in [0.4, 0.5) is 0 Å². The Bertz CT molecular complexity index is 435. The lowest BCUT2D eigenvalue weighted by Gasteiger charge is -2.27. The minimum absolute atomic E-state index is 0.515. The number of nitrogens with zero attached hydrogens (tertiary/aromatic N) is 1. The average molecular weight is 288 g/mol. The van der Waals surface area contributed by atoms with Crippen molar-refractivity contribution in [2.75, 3.05) is 26.7 Å². The van der Waals surface area contributed by atoms with Crippen molar-refractivity contribution in [3.8, 4) is 5.75 Å². The summed E-state index contributed by atoms with van der Waals surface area (Å²) in [6, 6.07) is 9.75. The molecular formula is C18H28N2O. The Hall–Kier alpha value is -1.06. The summed E-state index contributed by atoms with van der Waals surface area (Å²) in [5.41, 5.74) is 1.41. The molecule has 1 aliphatic carbocycles. The van der Waals surface area contributed by atoms with Crippen LogP contribution in [-0.4, -0.2) is 37.7 Å². The lowest BCUT2D eigenvalue weighted by molar-refractivity contribution is 0.243. The highest BCUT2D eigenvalue weighted by atomic mass is 16.5. The van der Waals surface area contributed by atoms with E-state index in [1.165, 1.54) is 44.3 Å². The molecule has 0 spiro atoms.